The molecule has 0 aliphatic heterocycles. The van der Waals surface area contributed by atoms with Crippen LogP contribution < -0.4 is 5.32 Å². The smallest absolute Gasteiger partial charge is 0.0402 e. The Balaban J connectivity index is 2.02. The lowest BCUT2D eigenvalue weighted by atomic mass is 10.0. The normalized spacial score (nSPS) is 10.5. The van der Waals surface area contributed by atoms with E-state index in [9.17, 15) is 0 Å². The molecule has 0 atom stereocenters. The fourth-order valence-corrected chi connectivity index (χ4v) is 2.49. The van der Waals surface area contributed by atoms with Crippen molar-refractivity contribution >= 4 is 5.69 Å². The first-order valence-electron chi connectivity index (χ1n) is 7.09. The van der Waals surface area contributed by atoms with Gasteiger partial charge in [-0.25, -0.2) is 0 Å². The molecule has 0 aliphatic carbocycles. The summed E-state index contributed by atoms with van der Waals surface area (Å²) in [7, 11) is 0. The van der Waals surface area contributed by atoms with Crippen molar-refractivity contribution in [1.29, 1.82) is 0 Å². The first-order valence-corrected chi connectivity index (χ1v) is 7.09. The van der Waals surface area contributed by atoms with Gasteiger partial charge in [0.1, 0.15) is 0 Å². The maximum absolute atomic E-state index is 3.61. The van der Waals surface area contributed by atoms with Gasteiger partial charge in [-0.2, -0.15) is 0 Å². The zero-order valence-corrected chi connectivity index (χ0v) is 12.2. The predicted octanol–water partition coefficient (Wildman–Crippen LogP) is 4.52. The lowest BCUT2D eigenvalue weighted by molar-refractivity contribution is 0.992. The minimum atomic E-state index is 0.989. The molecule has 0 unspecified atom stereocenters. The quantitative estimate of drug-likeness (QED) is 0.826. The van der Waals surface area contributed by atoms with E-state index < -0.39 is 0 Å². The second kappa shape index (κ2) is 6.42. The van der Waals surface area contributed by atoms with Gasteiger partial charge >= 0.3 is 0 Å². The maximum Gasteiger partial charge on any atom is 0.0402 e. The van der Waals surface area contributed by atoms with Gasteiger partial charge in [0.2, 0.25) is 0 Å². The summed E-state index contributed by atoms with van der Waals surface area (Å²) in [6, 6.07) is 15.1. The van der Waals surface area contributed by atoms with Crippen LogP contribution in [0.25, 0.3) is 0 Å². The van der Waals surface area contributed by atoms with Crippen molar-refractivity contribution < 1.29 is 0 Å². The summed E-state index contributed by atoms with van der Waals surface area (Å²) in [6.07, 6.45) is 2.15. The molecule has 0 aliphatic rings. The molecule has 0 radical (unpaired) electrons. The number of hydrogen-bond acceptors (Lipinski definition) is 1. The van der Waals surface area contributed by atoms with Gasteiger partial charge in [0, 0.05) is 12.2 Å². The second-order valence-electron chi connectivity index (χ2n) is 5.07. The molecule has 19 heavy (non-hydrogen) atoms. The minimum absolute atomic E-state index is 0.989. The highest BCUT2D eigenvalue weighted by molar-refractivity contribution is 5.57. The number of anilines is 1. The van der Waals surface area contributed by atoms with E-state index in [2.05, 4.69) is 68.6 Å². The summed E-state index contributed by atoms with van der Waals surface area (Å²) in [5.41, 5.74) is 6.87. The highest BCUT2D eigenvalue weighted by Gasteiger charge is 2.03. The number of aryl methyl sites for hydroxylation is 3. The minimum Gasteiger partial charge on any atom is -0.384 e. The average molecular weight is 253 g/mol. The van der Waals surface area contributed by atoms with Crippen LogP contribution in [0.4, 0.5) is 5.69 Å². The number of benzene rings is 2. The standard InChI is InChI=1S/C18H23N/c1-4-16-11-7-9-15(3)18(16)19-13-12-17-10-6-5-8-14(17)2/h5-11,19H,4,12-13H2,1-3H3. The molecule has 100 valence electrons. The SMILES string of the molecule is CCc1cccc(C)c1NCCc1ccccc1C. The Bertz CT molecular complexity index is 543. The molecule has 2 aromatic carbocycles. The number of para-hydroxylation sites is 1. The third-order valence-corrected chi connectivity index (χ3v) is 3.70. The first kappa shape index (κ1) is 13.7. The van der Waals surface area contributed by atoms with E-state index in [1.54, 1.807) is 0 Å². The fraction of sp³-hybridized carbons (Fsp3) is 0.333. The number of rotatable bonds is 5. The predicted molar refractivity (Wildman–Crippen MR) is 83.9 cm³/mol. The van der Waals surface area contributed by atoms with Crippen LogP contribution in [-0.2, 0) is 12.8 Å². The Morgan fingerprint density at radius 3 is 2.26 bits per heavy atom. The van der Waals surface area contributed by atoms with Crippen LogP contribution in [0.1, 0.15) is 29.2 Å². The lowest BCUT2D eigenvalue weighted by Gasteiger charge is -2.14. The Morgan fingerprint density at radius 1 is 0.842 bits per heavy atom. The van der Waals surface area contributed by atoms with Gasteiger partial charge in [-0.05, 0) is 48.9 Å². The van der Waals surface area contributed by atoms with E-state index in [1.807, 2.05) is 0 Å². The third kappa shape index (κ3) is 3.37. The van der Waals surface area contributed by atoms with Gasteiger partial charge in [0.25, 0.3) is 0 Å². The summed E-state index contributed by atoms with van der Waals surface area (Å²) < 4.78 is 0. The summed E-state index contributed by atoms with van der Waals surface area (Å²) >= 11 is 0. The molecule has 0 fully saturated rings. The third-order valence-electron chi connectivity index (χ3n) is 3.70. The highest BCUT2D eigenvalue weighted by Crippen LogP contribution is 2.21. The van der Waals surface area contributed by atoms with Crippen molar-refractivity contribution in [3.63, 3.8) is 0 Å². The largest absolute Gasteiger partial charge is 0.384 e. The van der Waals surface area contributed by atoms with Gasteiger partial charge in [-0.1, -0.05) is 49.4 Å². The van der Waals surface area contributed by atoms with E-state index in [0.29, 0.717) is 0 Å². The molecule has 0 saturated heterocycles. The van der Waals surface area contributed by atoms with Crippen LogP contribution >= 0.6 is 0 Å². The van der Waals surface area contributed by atoms with Crippen LogP contribution in [0.15, 0.2) is 42.5 Å². The van der Waals surface area contributed by atoms with Gasteiger partial charge in [0.05, 0.1) is 0 Å². The molecule has 0 aromatic heterocycles. The second-order valence-corrected chi connectivity index (χ2v) is 5.07. The lowest BCUT2D eigenvalue weighted by Crippen LogP contribution is -2.08. The molecule has 0 bridgehead atoms. The van der Waals surface area contributed by atoms with Crippen LogP contribution in [0, 0.1) is 13.8 Å². The molecule has 0 saturated carbocycles. The molecule has 0 amide bonds. The Kier molecular flexibility index (Phi) is 4.62. The summed E-state index contributed by atoms with van der Waals surface area (Å²) in [5.74, 6) is 0. The molecule has 2 aromatic rings. The van der Waals surface area contributed by atoms with Crippen molar-refractivity contribution in [3.05, 3.63) is 64.7 Å². The fourth-order valence-electron chi connectivity index (χ4n) is 2.49. The van der Waals surface area contributed by atoms with E-state index in [-0.39, 0.29) is 0 Å². The highest BCUT2D eigenvalue weighted by atomic mass is 14.9. The molecule has 1 nitrogen and oxygen atoms in total. The molecular weight excluding hydrogens is 230 g/mol. The van der Waals surface area contributed by atoms with Crippen molar-refractivity contribution in [2.24, 2.45) is 0 Å². The Morgan fingerprint density at radius 2 is 1.53 bits per heavy atom. The zero-order valence-electron chi connectivity index (χ0n) is 12.2. The molecule has 1 N–H and O–H groups in total. The van der Waals surface area contributed by atoms with Crippen molar-refractivity contribution in [2.75, 3.05) is 11.9 Å². The first-order chi connectivity index (χ1) is 9.22. The van der Waals surface area contributed by atoms with Crippen molar-refractivity contribution in [1.82, 2.24) is 0 Å². The van der Waals surface area contributed by atoms with E-state index in [0.717, 1.165) is 19.4 Å². The van der Waals surface area contributed by atoms with E-state index >= 15 is 0 Å². The van der Waals surface area contributed by atoms with Crippen LogP contribution in [0.2, 0.25) is 0 Å². The van der Waals surface area contributed by atoms with Gasteiger partial charge in [-0.3, -0.25) is 0 Å². The van der Waals surface area contributed by atoms with Gasteiger partial charge < -0.3 is 5.32 Å². The van der Waals surface area contributed by atoms with Gasteiger partial charge in [0.15, 0.2) is 0 Å². The van der Waals surface area contributed by atoms with Crippen molar-refractivity contribution in [3.8, 4) is 0 Å². The van der Waals surface area contributed by atoms with Crippen LogP contribution in [0.3, 0.4) is 0 Å². The average Bonchev–Trinajstić information content (AvgIpc) is 2.42. The number of nitrogens with one attached hydrogen (secondary N) is 1. The topological polar surface area (TPSA) is 12.0 Å². The maximum atomic E-state index is 3.61. The van der Waals surface area contributed by atoms with E-state index in [1.165, 1.54) is 27.9 Å². The molecule has 1 heteroatoms. The van der Waals surface area contributed by atoms with E-state index in [4.69, 9.17) is 0 Å². The van der Waals surface area contributed by atoms with Gasteiger partial charge in [-0.15, -0.1) is 0 Å². The summed E-state index contributed by atoms with van der Waals surface area (Å²) in [5, 5.41) is 3.61. The zero-order chi connectivity index (χ0) is 13.7. The molecule has 0 spiro atoms. The molecular formula is C18H23N. The summed E-state index contributed by atoms with van der Waals surface area (Å²) in [6.45, 7) is 7.56. The van der Waals surface area contributed by atoms with Crippen molar-refractivity contribution in [2.45, 2.75) is 33.6 Å². The molecule has 2 rings (SSSR count). The monoisotopic (exact) mass is 253 g/mol. The Labute approximate surface area is 116 Å². The van der Waals surface area contributed by atoms with Crippen LogP contribution in [-0.4, -0.2) is 6.54 Å². The number of hydrogen-bond donors (Lipinski definition) is 1. The molecule has 0 heterocycles. The summed E-state index contributed by atoms with van der Waals surface area (Å²) in [4.78, 5) is 0. The Hall–Kier alpha value is -1.76. The van der Waals surface area contributed by atoms with Crippen LogP contribution in [0.5, 0.6) is 0 Å².